The maximum absolute atomic E-state index is 12.2. The minimum Gasteiger partial charge on any atom is -0.491 e. The Hall–Kier alpha value is -1.41. The molecule has 2 N–H and O–H groups in total. The summed E-state index contributed by atoms with van der Waals surface area (Å²) in [6.45, 7) is 2.97. The molecular formula is C15H22N2O4S. The molecule has 1 aliphatic heterocycles. The van der Waals surface area contributed by atoms with Gasteiger partial charge >= 0.3 is 0 Å². The van der Waals surface area contributed by atoms with Crippen LogP contribution in [0.25, 0.3) is 0 Å². The molecule has 22 heavy (non-hydrogen) atoms. The molecule has 0 spiro atoms. The average Bonchev–Trinajstić information content (AvgIpc) is 2.55. The molecule has 0 bridgehead atoms. The van der Waals surface area contributed by atoms with E-state index in [2.05, 4.69) is 10.0 Å². The summed E-state index contributed by atoms with van der Waals surface area (Å²) in [6, 6.07) is 6.38. The first-order chi connectivity index (χ1) is 10.6. The smallest absolute Gasteiger partial charge is 0.240 e. The summed E-state index contributed by atoms with van der Waals surface area (Å²) in [7, 11) is -1.89. The molecule has 0 aromatic heterocycles. The number of sulfonamides is 1. The Bertz CT molecular complexity index is 596. The van der Waals surface area contributed by atoms with Crippen LogP contribution in [0.2, 0.25) is 0 Å². The highest BCUT2D eigenvalue weighted by Crippen LogP contribution is 2.16. The lowest BCUT2D eigenvalue weighted by Gasteiger charge is -2.15. The van der Waals surface area contributed by atoms with Crippen LogP contribution in [0.15, 0.2) is 40.8 Å². The summed E-state index contributed by atoms with van der Waals surface area (Å²) < 4.78 is 37.4. The van der Waals surface area contributed by atoms with E-state index < -0.39 is 10.0 Å². The van der Waals surface area contributed by atoms with Crippen molar-refractivity contribution in [1.82, 2.24) is 10.0 Å². The van der Waals surface area contributed by atoms with Crippen molar-refractivity contribution in [3.63, 3.8) is 0 Å². The van der Waals surface area contributed by atoms with Crippen molar-refractivity contribution in [3.05, 3.63) is 35.9 Å². The number of benzene rings is 1. The van der Waals surface area contributed by atoms with Crippen molar-refractivity contribution >= 4 is 10.0 Å². The topological polar surface area (TPSA) is 76.7 Å². The summed E-state index contributed by atoms with van der Waals surface area (Å²) >= 11 is 0. The van der Waals surface area contributed by atoms with Crippen LogP contribution < -0.4 is 14.8 Å². The molecule has 1 aromatic carbocycles. The molecule has 1 aliphatic rings. The van der Waals surface area contributed by atoms with Gasteiger partial charge < -0.3 is 14.8 Å². The summed E-state index contributed by atoms with van der Waals surface area (Å²) in [5.41, 5.74) is 1.11. The molecule has 0 saturated carbocycles. The number of methoxy groups -OCH3 is 1. The van der Waals surface area contributed by atoms with Gasteiger partial charge in [0.2, 0.25) is 10.0 Å². The van der Waals surface area contributed by atoms with Crippen molar-refractivity contribution < 1.29 is 17.9 Å². The standard InChI is InChI=1S/C15H22N2O4S/c1-20-10-11-21-14-2-4-15(5-3-14)22(18,19)17-12-13-6-8-16-9-7-13/h2-6,16-17H,7-12H2,1H3. The van der Waals surface area contributed by atoms with Gasteiger partial charge in [-0.1, -0.05) is 11.6 Å². The molecule has 2 rings (SSSR count). The third-order valence-electron chi connectivity index (χ3n) is 3.34. The molecule has 1 heterocycles. The zero-order chi connectivity index (χ0) is 15.8. The molecule has 0 unspecified atom stereocenters. The van der Waals surface area contributed by atoms with Crippen LogP contribution in [-0.4, -0.2) is 48.4 Å². The third-order valence-corrected chi connectivity index (χ3v) is 4.75. The van der Waals surface area contributed by atoms with E-state index in [1.54, 1.807) is 31.4 Å². The Morgan fingerprint density at radius 3 is 2.64 bits per heavy atom. The number of hydrogen-bond acceptors (Lipinski definition) is 5. The highest BCUT2D eigenvalue weighted by atomic mass is 32.2. The number of hydrogen-bond donors (Lipinski definition) is 2. The van der Waals surface area contributed by atoms with Crippen molar-refractivity contribution in [2.75, 3.05) is 40.0 Å². The van der Waals surface area contributed by atoms with E-state index in [1.807, 2.05) is 6.08 Å². The first-order valence-electron chi connectivity index (χ1n) is 7.22. The predicted octanol–water partition coefficient (Wildman–Crippen LogP) is 0.910. The summed E-state index contributed by atoms with van der Waals surface area (Å²) in [6.07, 6.45) is 2.90. The van der Waals surface area contributed by atoms with Crippen molar-refractivity contribution in [3.8, 4) is 5.75 Å². The van der Waals surface area contributed by atoms with Gasteiger partial charge in [-0.05, 0) is 37.2 Å². The molecule has 7 heteroatoms. The second-order valence-corrected chi connectivity index (χ2v) is 6.72. The molecule has 0 atom stereocenters. The van der Waals surface area contributed by atoms with E-state index in [-0.39, 0.29) is 4.90 Å². The van der Waals surface area contributed by atoms with E-state index in [0.29, 0.717) is 25.5 Å². The van der Waals surface area contributed by atoms with Crippen LogP contribution in [0.3, 0.4) is 0 Å². The van der Waals surface area contributed by atoms with Gasteiger partial charge in [-0.25, -0.2) is 13.1 Å². The van der Waals surface area contributed by atoms with Crippen molar-refractivity contribution in [2.24, 2.45) is 0 Å². The molecule has 122 valence electrons. The normalized spacial score (nSPS) is 15.4. The Labute approximate surface area is 131 Å². The second kappa shape index (κ2) is 8.28. The largest absolute Gasteiger partial charge is 0.491 e. The summed E-state index contributed by atoms with van der Waals surface area (Å²) in [5, 5.41) is 3.19. The van der Waals surface area contributed by atoms with Gasteiger partial charge in [-0.15, -0.1) is 0 Å². The van der Waals surface area contributed by atoms with Gasteiger partial charge in [0, 0.05) is 20.2 Å². The Balaban J connectivity index is 1.92. The van der Waals surface area contributed by atoms with Gasteiger partial charge in [0.1, 0.15) is 12.4 Å². The number of ether oxygens (including phenoxy) is 2. The molecule has 0 aliphatic carbocycles. The minimum atomic E-state index is -3.49. The van der Waals surface area contributed by atoms with Crippen molar-refractivity contribution in [1.29, 1.82) is 0 Å². The van der Waals surface area contributed by atoms with E-state index >= 15 is 0 Å². The average molecular weight is 326 g/mol. The van der Waals surface area contributed by atoms with Crippen LogP contribution in [0, 0.1) is 0 Å². The van der Waals surface area contributed by atoms with E-state index in [9.17, 15) is 8.42 Å². The zero-order valence-electron chi connectivity index (χ0n) is 12.7. The van der Waals surface area contributed by atoms with E-state index in [4.69, 9.17) is 9.47 Å². The molecule has 0 radical (unpaired) electrons. The Morgan fingerprint density at radius 2 is 2.00 bits per heavy atom. The van der Waals surface area contributed by atoms with Crippen LogP contribution in [0.4, 0.5) is 0 Å². The first kappa shape index (κ1) is 17.0. The first-order valence-corrected chi connectivity index (χ1v) is 8.70. The highest BCUT2D eigenvalue weighted by Gasteiger charge is 2.14. The van der Waals surface area contributed by atoms with Gasteiger partial charge in [0.15, 0.2) is 0 Å². The quantitative estimate of drug-likeness (QED) is 0.548. The molecule has 1 aromatic rings. The molecule has 0 saturated heterocycles. The fraction of sp³-hybridized carbons (Fsp3) is 0.467. The molecule has 6 nitrogen and oxygen atoms in total. The molecule has 0 amide bonds. The summed E-state index contributed by atoms with van der Waals surface area (Å²) in [4.78, 5) is 0.237. The summed E-state index contributed by atoms with van der Waals surface area (Å²) in [5.74, 6) is 0.622. The minimum absolute atomic E-state index is 0.237. The maximum atomic E-state index is 12.2. The molecule has 0 fully saturated rings. The fourth-order valence-corrected chi connectivity index (χ4v) is 3.10. The Morgan fingerprint density at radius 1 is 1.23 bits per heavy atom. The second-order valence-electron chi connectivity index (χ2n) is 4.95. The Kier molecular flexibility index (Phi) is 6.38. The lowest BCUT2D eigenvalue weighted by Crippen LogP contribution is -2.29. The van der Waals surface area contributed by atoms with Crippen molar-refractivity contribution in [2.45, 2.75) is 11.3 Å². The lowest BCUT2D eigenvalue weighted by molar-refractivity contribution is 0.146. The maximum Gasteiger partial charge on any atom is 0.240 e. The van der Waals surface area contributed by atoms with Crippen LogP contribution in [0.5, 0.6) is 5.75 Å². The van der Waals surface area contributed by atoms with Crippen LogP contribution in [0.1, 0.15) is 6.42 Å². The van der Waals surface area contributed by atoms with Gasteiger partial charge in [-0.3, -0.25) is 0 Å². The monoisotopic (exact) mass is 326 g/mol. The number of rotatable bonds is 8. The van der Waals surface area contributed by atoms with Gasteiger partial charge in [0.05, 0.1) is 11.5 Å². The van der Waals surface area contributed by atoms with Gasteiger partial charge in [0.25, 0.3) is 0 Å². The third kappa shape index (κ3) is 5.10. The SMILES string of the molecule is COCCOc1ccc(S(=O)(=O)NCC2=CCNCC2)cc1. The highest BCUT2D eigenvalue weighted by molar-refractivity contribution is 7.89. The van der Waals surface area contributed by atoms with E-state index in [0.717, 1.165) is 25.1 Å². The zero-order valence-corrected chi connectivity index (χ0v) is 13.5. The fourth-order valence-electron chi connectivity index (χ4n) is 2.06. The van der Waals surface area contributed by atoms with Crippen LogP contribution >= 0.6 is 0 Å². The van der Waals surface area contributed by atoms with Gasteiger partial charge in [-0.2, -0.15) is 0 Å². The lowest BCUT2D eigenvalue weighted by atomic mass is 10.1. The van der Waals surface area contributed by atoms with Crippen LogP contribution in [-0.2, 0) is 14.8 Å². The predicted molar refractivity (Wildman–Crippen MR) is 84.6 cm³/mol. The van der Waals surface area contributed by atoms with E-state index in [1.165, 1.54) is 0 Å². The number of nitrogens with one attached hydrogen (secondary N) is 2. The molecular weight excluding hydrogens is 304 g/mol.